The zero-order valence-electron chi connectivity index (χ0n) is 10.5. The molecule has 2 rings (SSSR count). The minimum absolute atomic E-state index is 0.141. The molecule has 0 bridgehead atoms. The summed E-state index contributed by atoms with van der Waals surface area (Å²) in [5.41, 5.74) is 1.17. The van der Waals surface area contributed by atoms with Gasteiger partial charge in [0.2, 0.25) is 5.91 Å². The summed E-state index contributed by atoms with van der Waals surface area (Å²) in [6.07, 6.45) is 0.879. The summed E-state index contributed by atoms with van der Waals surface area (Å²) in [4.78, 5) is 13.8. The molecule has 1 saturated heterocycles. The quantitative estimate of drug-likeness (QED) is 0.932. The first kappa shape index (κ1) is 13.6. The number of aliphatic hydroxyl groups is 1. The van der Waals surface area contributed by atoms with Crippen molar-refractivity contribution in [1.82, 2.24) is 4.90 Å². The van der Waals surface area contributed by atoms with Crippen molar-refractivity contribution in [1.29, 1.82) is 0 Å². The topological polar surface area (TPSA) is 40.5 Å². The van der Waals surface area contributed by atoms with Crippen LogP contribution in [0.2, 0.25) is 0 Å². The van der Waals surface area contributed by atoms with E-state index in [2.05, 4.69) is 22.9 Å². The van der Waals surface area contributed by atoms with Gasteiger partial charge in [-0.15, -0.1) is 0 Å². The van der Waals surface area contributed by atoms with Crippen LogP contribution < -0.4 is 0 Å². The smallest absolute Gasteiger partial charge is 0.223 e. The number of β-amino-alcohol motifs (C(OH)–C–C–N with tert-alkyl or cyclic N) is 1. The van der Waals surface area contributed by atoms with Crippen molar-refractivity contribution in [3.63, 3.8) is 0 Å². The highest BCUT2D eigenvalue weighted by molar-refractivity contribution is 9.10. The maximum absolute atomic E-state index is 12.0. The molecule has 0 aromatic heterocycles. The summed E-state index contributed by atoms with van der Waals surface area (Å²) >= 11 is 3.40. The summed E-state index contributed by atoms with van der Waals surface area (Å²) in [5, 5.41) is 9.43. The Bertz CT molecular complexity index is 418. The first-order chi connectivity index (χ1) is 8.56. The van der Waals surface area contributed by atoms with Gasteiger partial charge in [-0.1, -0.05) is 35.0 Å². The van der Waals surface area contributed by atoms with Crippen LogP contribution in [-0.2, 0) is 4.79 Å². The number of rotatable bonds is 3. The van der Waals surface area contributed by atoms with Crippen LogP contribution in [0.5, 0.6) is 0 Å². The van der Waals surface area contributed by atoms with E-state index in [-0.39, 0.29) is 17.9 Å². The largest absolute Gasteiger partial charge is 0.391 e. The number of likely N-dealkylation sites (tertiary alicyclic amines) is 1. The Kier molecular flexibility index (Phi) is 4.40. The van der Waals surface area contributed by atoms with Gasteiger partial charge in [-0.3, -0.25) is 4.79 Å². The fourth-order valence-electron chi connectivity index (χ4n) is 2.27. The van der Waals surface area contributed by atoms with Crippen LogP contribution in [0.1, 0.15) is 31.2 Å². The van der Waals surface area contributed by atoms with Crippen LogP contribution in [0.25, 0.3) is 0 Å². The molecule has 1 aromatic rings. The van der Waals surface area contributed by atoms with E-state index in [1.54, 1.807) is 4.90 Å². The molecule has 0 saturated carbocycles. The number of carbonyl (C=O) groups is 1. The van der Waals surface area contributed by atoms with Gasteiger partial charge < -0.3 is 10.0 Å². The highest BCUT2D eigenvalue weighted by Gasteiger charge is 2.25. The van der Waals surface area contributed by atoms with Crippen LogP contribution in [0.4, 0.5) is 0 Å². The number of hydrogen-bond donors (Lipinski definition) is 1. The third-order valence-electron chi connectivity index (χ3n) is 3.44. The molecular formula is C14H18BrNO2. The molecule has 1 aliphatic rings. The van der Waals surface area contributed by atoms with Crippen molar-refractivity contribution in [3.05, 3.63) is 34.3 Å². The molecule has 0 aliphatic carbocycles. The zero-order chi connectivity index (χ0) is 13.1. The highest BCUT2D eigenvalue weighted by atomic mass is 79.9. The number of aliphatic hydroxyl groups excluding tert-OH is 1. The minimum Gasteiger partial charge on any atom is -0.391 e. The predicted molar refractivity (Wildman–Crippen MR) is 74.4 cm³/mol. The number of halogens is 1. The van der Waals surface area contributed by atoms with Crippen molar-refractivity contribution in [2.24, 2.45) is 0 Å². The summed E-state index contributed by atoms with van der Waals surface area (Å²) in [7, 11) is 0. The first-order valence-corrected chi connectivity index (χ1v) is 7.07. The Balaban J connectivity index is 1.92. The average molecular weight is 312 g/mol. The molecule has 98 valence electrons. The number of amides is 1. The van der Waals surface area contributed by atoms with Crippen molar-refractivity contribution in [2.75, 3.05) is 13.1 Å². The fourth-order valence-corrected chi connectivity index (χ4v) is 2.53. The maximum atomic E-state index is 12.0. The van der Waals surface area contributed by atoms with E-state index < -0.39 is 0 Å². The normalized spacial score (nSPS) is 21.1. The molecule has 0 radical (unpaired) electrons. The van der Waals surface area contributed by atoms with Crippen LogP contribution in [0.3, 0.4) is 0 Å². The SMILES string of the molecule is CC(CC(=O)N1CC[C@H](O)C1)c1ccc(Br)cc1. The van der Waals surface area contributed by atoms with Gasteiger partial charge in [-0.25, -0.2) is 0 Å². The second-order valence-electron chi connectivity index (χ2n) is 4.94. The summed E-state index contributed by atoms with van der Waals surface area (Å²) < 4.78 is 1.05. The van der Waals surface area contributed by atoms with E-state index >= 15 is 0 Å². The molecule has 1 unspecified atom stereocenters. The Morgan fingerprint density at radius 2 is 2.17 bits per heavy atom. The van der Waals surface area contributed by atoms with E-state index in [0.717, 1.165) is 4.47 Å². The molecule has 2 atom stereocenters. The molecule has 1 aromatic carbocycles. The van der Waals surface area contributed by atoms with Crippen molar-refractivity contribution in [3.8, 4) is 0 Å². The number of nitrogens with zero attached hydrogens (tertiary/aromatic N) is 1. The third kappa shape index (κ3) is 3.33. The number of hydrogen-bond acceptors (Lipinski definition) is 2. The summed E-state index contributed by atoms with van der Waals surface area (Å²) in [6.45, 7) is 3.24. The van der Waals surface area contributed by atoms with E-state index in [1.165, 1.54) is 5.56 Å². The van der Waals surface area contributed by atoms with Crippen LogP contribution in [0, 0.1) is 0 Å². The van der Waals surface area contributed by atoms with E-state index in [1.807, 2.05) is 24.3 Å². The van der Waals surface area contributed by atoms with E-state index in [4.69, 9.17) is 0 Å². The van der Waals surface area contributed by atoms with Crippen molar-refractivity contribution >= 4 is 21.8 Å². The van der Waals surface area contributed by atoms with Crippen LogP contribution in [0.15, 0.2) is 28.7 Å². The molecule has 1 heterocycles. The lowest BCUT2D eigenvalue weighted by molar-refractivity contribution is -0.130. The van der Waals surface area contributed by atoms with Crippen LogP contribution in [-0.4, -0.2) is 35.1 Å². The second-order valence-corrected chi connectivity index (χ2v) is 5.85. The highest BCUT2D eigenvalue weighted by Crippen LogP contribution is 2.23. The Morgan fingerprint density at radius 3 is 2.72 bits per heavy atom. The average Bonchev–Trinajstić information content (AvgIpc) is 2.76. The van der Waals surface area contributed by atoms with E-state index in [0.29, 0.717) is 25.9 Å². The molecule has 1 amide bonds. The molecule has 3 nitrogen and oxygen atoms in total. The summed E-state index contributed by atoms with van der Waals surface area (Å²) in [6, 6.07) is 8.08. The molecule has 1 N–H and O–H groups in total. The van der Waals surface area contributed by atoms with Gasteiger partial charge in [0.05, 0.1) is 6.10 Å². The van der Waals surface area contributed by atoms with Gasteiger partial charge in [0.1, 0.15) is 0 Å². The van der Waals surface area contributed by atoms with Crippen molar-refractivity contribution < 1.29 is 9.90 Å². The van der Waals surface area contributed by atoms with Gasteiger partial charge in [-0.2, -0.15) is 0 Å². The molecule has 1 fully saturated rings. The van der Waals surface area contributed by atoms with Gasteiger partial charge in [0.25, 0.3) is 0 Å². The van der Waals surface area contributed by atoms with Crippen LogP contribution >= 0.6 is 15.9 Å². The Hall–Kier alpha value is -0.870. The number of benzene rings is 1. The Labute approximate surface area is 116 Å². The zero-order valence-corrected chi connectivity index (χ0v) is 12.1. The van der Waals surface area contributed by atoms with Gasteiger partial charge in [-0.05, 0) is 30.0 Å². The molecule has 18 heavy (non-hydrogen) atoms. The fraction of sp³-hybridized carbons (Fsp3) is 0.500. The second kappa shape index (κ2) is 5.85. The van der Waals surface area contributed by atoms with Gasteiger partial charge in [0.15, 0.2) is 0 Å². The lowest BCUT2D eigenvalue weighted by Crippen LogP contribution is -2.30. The molecular weight excluding hydrogens is 294 g/mol. The van der Waals surface area contributed by atoms with Gasteiger partial charge >= 0.3 is 0 Å². The lowest BCUT2D eigenvalue weighted by atomic mass is 9.97. The first-order valence-electron chi connectivity index (χ1n) is 6.27. The summed E-state index contributed by atoms with van der Waals surface area (Å²) in [5.74, 6) is 0.352. The van der Waals surface area contributed by atoms with Gasteiger partial charge in [0, 0.05) is 24.0 Å². The molecule has 0 spiro atoms. The minimum atomic E-state index is -0.336. The Morgan fingerprint density at radius 1 is 1.50 bits per heavy atom. The monoisotopic (exact) mass is 311 g/mol. The third-order valence-corrected chi connectivity index (χ3v) is 3.96. The standard InChI is InChI=1S/C14H18BrNO2/c1-10(11-2-4-12(15)5-3-11)8-14(18)16-7-6-13(17)9-16/h2-5,10,13,17H,6-9H2,1H3/t10?,13-/m0/s1. The van der Waals surface area contributed by atoms with E-state index in [9.17, 15) is 9.90 Å². The number of carbonyl (C=O) groups excluding carboxylic acids is 1. The predicted octanol–water partition coefficient (Wildman–Crippen LogP) is 2.54. The molecule has 4 heteroatoms. The van der Waals surface area contributed by atoms with Crippen molar-refractivity contribution in [2.45, 2.75) is 31.8 Å². The lowest BCUT2D eigenvalue weighted by Gasteiger charge is -2.18. The maximum Gasteiger partial charge on any atom is 0.223 e. The molecule has 1 aliphatic heterocycles.